The zero-order valence-corrected chi connectivity index (χ0v) is 23.9. The Kier molecular flexibility index (Phi) is 24.7. The van der Waals surface area contributed by atoms with Crippen molar-refractivity contribution >= 4 is 5.97 Å². The lowest BCUT2D eigenvalue weighted by Crippen LogP contribution is -2.15. The number of hydrogen-bond acceptors (Lipinski definition) is 2. The molecular weight excluding hydrogens is 416 g/mol. The fourth-order valence-electron chi connectivity index (χ4n) is 4.89. The van der Waals surface area contributed by atoms with Crippen LogP contribution in [0.25, 0.3) is 0 Å². The van der Waals surface area contributed by atoms with Crippen molar-refractivity contribution in [3.05, 3.63) is 12.2 Å². The van der Waals surface area contributed by atoms with Crippen LogP contribution in [0.5, 0.6) is 0 Å². The Morgan fingerprint density at radius 2 is 0.971 bits per heavy atom. The SMILES string of the molecule is C=C(C)C(=O)OCC(CCCCCCCCCCCC)CCCCC(C)CCCCCCCC. The number of hydrogen-bond donors (Lipinski definition) is 0. The highest BCUT2D eigenvalue weighted by molar-refractivity contribution is 5.86. The maximum Gasteiger partial charge on any atom is 0.333 e. The van der Waals surface area contributed by atoms with E-state index >= 15 is 0 Å². The van der Waals surface area contributed by atoms with Crippen LogP contribution in [0.15, 0.2) is 12.2 Å². The normalized spacial score (nSPS) is 13.1. The predicted octanol–water partition coefficient (Wildman–Crippen LogP) is 11.0. The molecule has 0 aromatic rings. The van der Waals surface area contributed by atoms with Crippen LogP contribution >= 0.6 is 0 Å². The number of unbranched alkanes of at least 4 members (excludes halogenated alkanes) is 15. The Bertz CT molecular complexity index is 456. The summed E-state index contributed by atoms with van der Waals surface area (Å²) in [5.41, 5.74) is 0.515. The smallest absolute Gasteiger partial charge is 0.333 e. The summed E-state index contributed by atoms with van der Waals surface area (Å²) in [7, 11) is 0. The molecule has 2 nitrogen and oxygen atoms in total. The third kappa shape index (κ3) is 23.0. The Morgan fingerprint density at radius 3 is 1.41 bits per heavy atom. The van der Waals surface area contributed by atoms with Crippen LogP contribution in [-0.2, 0) is 9.53 Å². The molecule has 2 unspecified atom stereocenters. The average molecular weight is 479 g/mol. The molecule has 0 aromatic carbocycles. The third-order valence-corrected chi connectivity index (χ3v) is 7.37. The van der Waals surface area contributed by atoms with Gasteiger partial charge in [0.15, 0.2) is 0 Å². The van der Waals surface area contributed by atoms with Crippen LogP contribution in [0.1, 0.15) is 169 Å². The third-order valence-electron chi connectivity index (χ3n) is 7.37. The standard InChI is InChI=1S/C32H62O2/c1-6-8-10-12-14-15-16-17-19-21-26-31(28-34-32(33)29(3)4)27-23-22-25-30(5)24-20-18-13-11-9-7-2/h30-31H,3,6-28H2,1-2,4-5H3. The van der Waals surface area contributed by atoms with Crippen molar-refractivity contribution < 1.29 is 9.53 Å². The minimum Gasteiger partial charge on any atom is -0.462 e. The molecule has 0 saturated carbocycles. The molecule has 0 radical (unpaired) electrons. The molecule has 2 heteroatoms. The van der Waals surface area contributed by atoms with E-state index in [0.29, 0.717) is 18.1 Å². The van der Waals surface area contributed by atoms with Gasteiger partial charge in [-0.05, 0) is 31.6 Å². The number of rotatable bonds is 26. The lowest BCUT2D eigenvalue weighted by atomic mass is 9.92. The van der Waals surface area contributed by atoms with Crippen LogP contribution in [0, 0.1) is 11.8 Å². The highest BCUT2D eigenvalue weighted by Crippen LogP contribution is 2.22. The van der Waals surface area contributed by atoms with E-state index in [1.807, 2.05) is 0 Å². The van der Waals surface area contributed by atoms with E-state index in [0.717, 1.165) is 5.92 Å². The van der Waals surface area contributed by atoms with E-state index in [2.05, 4.69) is 27.4 Å². The fraction of sp³-hybridized carbons (Fsp3) is 0.906. The molecule has 0 heterocycles. The van der Waals surface area contributed by atoms with Crippen LogP contribution in [0.2, 0.25) is 0 Å². The first-order chi connectivity index (χ1) is 16.5. The van der Waals surface area contributed by atoms with Gasteiger partial charge in [0.2, 0.25) is 0 Å². The Hall–Kier alpha value is -0.790. The molecule has 0 aliphatic carbocycles. The van der Waals surface area contributed by atoms with Gasteiger partial charge in [0, 0.05) is 5.57 Å². The first-order valence-electron chi connectivity index (χ1n) is 15.3. The molecule has 0 spiro atoms. The van der Waals surface area contributed by atoms with Gasteiger partial charge < -0.3 is 4.74 Å². The van der Waals surface area contributed by atoms with Gasteiger partial charge in [-0.3, -0.25) is 0 Å². The van der Waals surface area contributed by atoms with Gasteiger partial charge in [-0.1, -0.05) is 156 Å². The summed E-state index contributed by atoms with van der Waals surface area (Å²) < 4.78 is 5.54. The molecule has 0 aliphatic rings. The van der Waals surface area contributed by atoms with E-state index < -0.39 is 0 Å². The van der Waals surface area contributed by atoms with Gasteiger partial charge >= 0.3 is 5.97 Å². The molecule has 0 amide bonds. The summed E-state index contributed by atoms with van der Waals surface area (Å²) in [6.07, 6.45) is 29.9. The first kappa shape index (κ1) is 33.2. The number of ether oxygens (including phenoxy) is 1. The van der Waals surface area contributed by atoms with E-state index in [4.69, 9.17) is 4.74 Å². The minimum absolute atomic E-state index is 0.222. The van der Waals surface area contributed by atoms with Crippen molar-refractivity contribution in [2.24, 2.45) is 11.8 Å². The molecule has 0 fully saturated rings. The second-order valence-corrected chi connectivity index (χ2v) is 11.2. The van der Waals surface area contributed by atoms with Crippen LogP contribution in [0.4, 0.5) is 0 Å². The average Bonchev–Trinajstić information content (AvgIpc) is 2.82. The quantitative estimate of drug-likeness (QED) is 0.0701. The van der Waals surface area contributed by atoms with E-state index in [1.54, 1.807) is 6.92 Å². The Morgan fingerprint density at radius 1 is 0.618 bits per heavy atom. The van der Waals surface area contributed by atoms with Gasteiger partial charge in [0.05, 0.1) is 6.61 Å². The van der Waals surface area contributed by atoms with Gasteiger partial charge in [0.1, 0.15) is 0 Å². The van der Waals surface area contributed by atoms with E-state index in [-0.39, 0.29) is 5.97 Å². The Balaban J connectivity index is 3.98. The molecular formula is C32H62O2. The summed E-state index contributed by atoms with van der Waals surface area (Å²) in [4.78, 5) is 11.9. The zero-order chi connectivity index (χ0) is 25.3. The van der Waals surface area contributed by atoms with Gasteiger partial charge in [-0.2, -0.15) is 0 Å². The molecule has 202 valence electrons. The lowest BCUT2D eigenvalue weighted by Gasteiger charge is -2.18. The maximum atomic E-state index is 11.9. The van der Waals surface area contributed by atoms with Crippen LogP contribution < -0.4 is 0 Å². The monoisotopic (exact) mass is 478 g/mol. The van der Waals surface area contributed by atoms with Crippen LogP contribution in [0.3, 0.4) is 0 Å². The van der Waals surface area contributed by atoms with Gasteiger partial charge in [-0.15, -0.1) is 0 Å². The van der Waals surface area contributed by atoms with E-state index in [9.17, 15) is 4.79 Å². The number of esters is 1. The molecule has 0 rings (SSSR count). The molecule has 0 N–H and O–H groups in total. The van der Waals surface area contributed by atoms with Crippen molar-refractivity contribution in [1.29, 1.82) is 0 Å². The first-order valence-corrected chi connectivity index (χ1v) is 15.3. The summed E-state index contributed by atoms with van der Waals surface area (Å²) in [5, 5.41) is 0. The van der Waals surface area contributed by atoms with Crippen molar-refractivity contribution in [2.45, 2.75) is 169 Å². The van der Waals surface area contributed by atoms with E-state index in [1.165, 1.54) is 141 Å². The van der Waals surface area contributed by atoms with Crippen molar-refractivity contribution in [1.82, 2.24) is 0 Å². The molecule has 0 saturated heterocycles. The molecule has 0 bridgehead atoms. The number of carbonyl (C=O) groups is 1. The fourth-order valence-corrected chi connectivity index (χ4v) is 4.89. The van der Waals surface area contributed by atoms with Gasteiger partial charge in [0.25, 0.3) is 0 Å². The predicted molar refractivity (Wildman–Crippen MR) is 151 cm³/mol. The minimum atomic E-state index is -0.222. The summed E-state index contributed by atoms with van der Waals surface area (Å²) in [5.74, 6) is 1.15. The zero-order valence-electron chi connectivity index (χ0n) is 23.9. The van der Waals surface area contributed by atoms with Crippen molar-refractivity contribution in [3.8, 4) is 0 Å². The van der Waals surface area contributed by atoms with Crippen molar-refractivity contribution in [2.75, 3.05) is 6.61 Å². The van der Waals surface area contributed by atoms with Crippen molar-refractivity contribution in [3.63, 3.8) is 0 Å². The summed E-state index contributed by atoms with van der Waals surface area (Å²) in [6, 6.07) is 0. The highest BCUT2D eigenvalue weighted by atomic mass is 16.5. The second-order valence-electron chi connectivity index (χ2n) is 11.2. The molecule has 0 aliphatic heterocycles. The maximum absolute atomic E-state index is 11.9. The Labute approximate surface area is 215 Å². The van der Waals surface area contributed by atoms with Crippen LogP contribution in [-0.4, -0.2) is 12.6 Å². The molecule has 34 heavy (non-hydrogen) atoms. The summed E-state index contributed by atoms with van der Waals surface area (Å²) >= 11 is 0. The largest absolute Gasteiger partial charge is 0.462 e. The van der Waals surface area contributed by atoms with Gasteiger partial charge in [-0.25, -0.2) is 4.79 Å². The summed E-state index contributed by atoms with van der Waals surface area (Å²) in [6.45, 7) is 13.0. The highest BCUT2D eigenvalue weighted by Gasteiger charge is 2.13. The lowest BCUT2D eigenvalue weighted by molar-refractivity contribution is -0.140. The second kappa shape index (κ2) is 25.3. The topological polar surface area (TPSA) is 26.3 Å². The molecule has 2 atom stereocenters. The number of carbonyl (C=O) groups excluding carboxylic acids is 1. The molecule has 0 aromatic heterocycles.